The average molecular weight is 345 g/mol. The summed E-state index contributed by atoms with van der Waals surface area (Å²) in [6, 6.07) is 11.7. The predicted molar refractivity (Wildman–Crippen MR) is 102 cm³/mol. The van der Waals surface area contributed by atoms with E-state index < -0.39 is 0 Å². The molecule has 2 aromatic heterocycles. The predicted octanol–water partition coefficient (Wildman–Crippen LogP) is 3.93. The van der Waals surface area contributed by atoms with Gasteiger partial charge in [0.2, 0.25) is 0 Å². The lowest BCUT2D eigenvalue weighted by atomic mass is 9.83. The summed E-state index contributed by atoms with van der Waals surface area (Å²) < 4.78 is 8.63. The highest BCUT2D eigenvalue weighted by Gasteiger charge is 2.46. The normalized spacial score (nSPS) is 27.6. The minimum Gasteiger partial charge on any atom is -0.487 e. The van der Waals surface area contributed by atoms with Crippen LogP contribution in [0.2, 0.25) is 0 Å². The Hall–Kier alpha value is -2.33. The van der Waals surface area contributed by atoms with Gasteiger partial charge in [-0.1, -0.05) is 6.07 Å². The molecule has 0 amide bonds. The van der Waals surface area contributed by atoms with Gasteiger partial charge in [0, 0.05) is 50.4 Å². The van der Waals surface area contributed by atoms with E-state index in [1.807, 2.05) is 12.4 Å². The van der Waals surface area contributed by atoms with E-state index in [0.29, 0.717) is 0 Å². The van der Waals surface area contributed by atoms with Crippen LogP contribution in [0.5, 0.6) is 5.75 Å². The number of piperidine rings is 1. The molecule has 0 aliphatic carbocycles. The lowest BCUT2D eigenvalue weighted by Gasteiger charge is -2.41. The van der Waals surface area contributed by atoms with Gasteiger partial charge in [0.15, 0.2) is 0 Å². The largest absolute Gasteiger partial charge is 0.487 e. The number of fused-ring (bicyclic) bond motifs is 3. The van der Waals surface area contributed by atoms with E-state index in [-0.39, 0.29) is 5.60 Å². The van der Waals surface area contributed by atoms with Gasteiger partial charge in [-0.25, -0.2) is 4.98 Å². The Morgan fingerprint density at radius 3 is 3.08 bits per heavy atom. The monoisotopic (exact) mass is 345 g/mol. The molecule has 0 saturated carbocycles. The van der Waals surface area contributed by atoms with Crippen molar-refractivity contribution < 1.29 is 4.74 Å². The maximum atomic E-state index is 6.55. The molecule has 6 rings (SSSR count). The van der Waals surface area contributed by atoms with E-state index in [0.717, 1.165) is 30.3 Å². The molecule has 5 heterocycles. The highest BCUT2D eigenvalue weighted by Crippen LogP contribution is 2.45. The highest BCUT2D eigenvalue weighted by molar-refractivity contribution is 5.67. The van der Waals surface area contributed by atoms with Crippen molar-refractivity contribution in [1.82, 2.24) is 14.3 Å². The third-order valence-electron chi connectivity index (χ3n) is 6.58. The summed E-state index contributed by atoms with van der Waals surface area (Å²) in [4.78, 5) is 7.00. The summed E-state index contributed by atoms with van der Waals surface area (Å²) in [5, 5.41) is 0. The topological polar surface area (TPSA) is 29.8 Å². The first-order chi connectivity index (χ1) is 12.8. The Labute approximate surface area is 153 Å². The fourth-order valence-electron chi connectivity index (χ4n) is 5.26. The van der Waals surface area contributed by atoms with Crippen LogP contribution in [0.1, 0.15) is 31.2 Å². The number of nitrogens with zero attached hydrogens (tertiary/aromatic N) is 3. The molecule has 4 nitrogen and oxygen atoms in total. The summed E-state index contributed by atoms with van der Waals surface area (Å²) >= 11 is 0. The second-order valence-corrected chi connectivity index (χ2v) is 8.18. The Balaban J connectivity index is 1.31. The molecule has 1 aromatic carbocycles. The maximum absolute atomic E-state index is 6.55. The Kier molecular flexibility index (Phi) is 3.04. The highest BCUT2D eigenvalue weighted by atomic mass is 16.5. The van der Waals surface area contributed by atoms with E-state index in [9.17, 15) is 0 Å². The van der Waals surface area contributed by atoms with Crippen molar-refractivity contribution >= 4 is 5.65 Å². The van der Waals surface area contributed by atoms with E-state index in [2.05, 4.69) is 50.8 Å². The zero-order chi connectivity index (χ0) is 17.1. The molecule has 2 unspecified atom stereocenters. The molecule has 0 bridgehead atoms. The average Bonchev–Trinajstić information content (AvgIpc) is 3.37. The second kappa shape index (κ2) is 5.34. The number of ether oxygens (including phenoxy) is 1. The number of hydrogen-bond acceptors (Lipinski definition) is 3. The Morgan fingerprint density at radius 2 is 2.08 bits per heavy atom. The van der Waals surface area contributed by atoms with Crippen molar-refractivity contribution in [2.24, 2.45) is 0 Å². The van der Waals surface area contributed by atoms with Gasteiger partial charge in [0.25, 0.3) is 0 Å². The quantitative estimate of drug-likeness (QED) is 0.669. The van der Waals surface area contributed by atoms with Gasteiger partial charge in [-0.3, -0.25) is 0 Å². The minimum atomic E-state index is 0.0424. The lowest BCUT2D eigenvalue weighted by molar-refractivity contribution is 0.00195. The molecule has 2 saturated heterocycles. The summed E-state index contributed by atoms with van der Waals surface area (Å²) in [7, 11) is 0. The van der Waals surface area contributed by atoms with Crippen LogP contribution in [0, 0.1) is 0 Å². The SMILES string of the molecule is c1cn2cc(-c3ccc4c(c3)CC3(CCN5CCCC5C3)O4)ccc2n1. The molecule has 0 radical (unpaired) electrons. The van der Waals surface area contributed by atoms with E-state index in [1.54, 1.807) is 0 Å². The van der Waals surface area contributed by atoms with Gasteiger partial charge >= 0.3 is 0 Å². The van der Waals surface area contributed by atoms with Crippen molar-refractivity contribution in [2.75, 3.05) is 13.1 Å². The first-order valence-corrected chi connectivity index (χ1v) is 9.77. The zero-order valence-corrected chi connectivity index (χ0v) is 14.9. The number of imidazole rings is 1. The van der Waals surface area contributed by atoms with Crippen LogP contribution in [0.4, 0.5) is 0 Å². The molecule has 2 atom stereocenters. The number of hydrogen-bond donors (Lipinski definition) is 0. The van der Waals surface area contributed by atoms with Gasteiger partial charge in [0.1, 0.15) is 17.0 Å². The van der Waals surface area contributed by atoms with Crippen LogP contribution in [0.25, 0.3) is 16.8 Å². The molecule has 3 aliphatic rings. The fraction of sp³-hybridized carbons (Fsp3) is 0.409. The third kappa shape index (κ3) is 2.21. The van der Waals surface area contributed by atoms with E-state index in [4.69, 9.17) is 4.74 Å². The molecular weight excluding hydrogens is 322 g/mol. The molecular formula is C22H23N3O. The van der Waals surface area contributed by atoms with Crippen LogP contribution in [-0.4, -0.2) is 39.0 Å². The van der Waals surface area contributed by atoms with Crippen molar-refractivity contribution in [3.63, 3.8) is 0 Å². The Morgan fingerprint density at radius 1 is 1.12 bits per heavy atom. The van der Waals surface area contributed by atoms with Crippen molar-refractivity contribution in [3.05, 3.63) is 54.5 Å². The maximum Gasteiger partial charge on any atom is 0.136 e. The van der Waals surface area contributed by atoms with Gasteiger partial charge < -0.3 is 14.0 Å². The molecule has 4 heteroatoms. The summed E-state index contributed by atoms with van der Waals surface area (Å²) in [5.74, 6) is 1.10. The lowest BCUT2D eigenvalue weighted by Crippen LogP contribution is -2.50. The molecule has 26 heavy (non-hydrogen) atoms. The zero-order valence-electron chi connectivity index (χ0n) is 14.9. The van der Waals surface area contributed by atoms with Gasteiger partial charge in [-0.15, -0.1) is 0 Å². The van der Waals surface area contributed by atoms with Crippen LogP contribution >= 0.6 is 0 Å². The van der Waals surface area contributed by atoms with Crippen molar-refractivity contribution in [1.29, 1.82) is 0 Å². The fourth-order valence-corrected chi connectivity index (χ4v) is 5.26. The van der Waals surface area contributed by atoms with Crippen LogP contribution in [0.3, 0.4) is 0 Å². The first kappa shape index (κ1) is 14.8. The van der Waals surface area contributed by atoms with Crippen molar-refractivity contribution in [3.8, 4) is 16.9 Å². The molecule has 2 fully saturated rings. The van der Waals surface area contributed by atoms with Crippen molar-refractivity contribution in [2.45, 2.75) is 43.7 Å². The molecule has 3 aromatic rings. The second-order valence-electron chi connectivity index (χ2n) is 8.18. The molecule has 0 N–H and O–H groups in total. The van der Waals surface area contributed by atoms with E-state index >= 15 is 0 Å². The van der Waals surface area contributed by atoms with Gasteiger partial charge in [0.05, 0.1) is 0 Å². The third-order valence-corrected chi connectivity index (χ3v) is 6.58. The van der Waals surface area contributed by atoms with Crippen LogP contribution < -0.4 is 4.74 Å². The summed E-state index contributed by atoms with van der Waals surface area (Å²) in [6.07, 6.45) is 12.1. The minimum absolute atomic E-state index is 0.0424. The number of aromatic nitrogens is 2. The molecule has 132 valence electrons. The summed E-state index contributed by atoms with van der Waals surface area (Å²) in [5.41, 5.74) is 4.89. The number of pyridine rings is 1. The van der Waals surface area contributed by atoms with Gasteiger partial charge in [-0.2, -0.15) is 0 Å². The number of rotatable bonds is 1. The smallest absolute Gasteiger partial charge is 0.136 e. The van der Waals surface area contributed by atoms with E-state index in [1.165, 1.54) is 49.0 Å². The molecule has 3 aliphatic heterocycles. The van der Waals surface area contributed by atoms with Crippen LogP contribution in [0.15, 0.2) is 48.9 Å². The molecule has 1 spiro atoms. The number of benzene rings is 1. The summed E-state index contributed by atoms with van der Waals surface area (Å²) in [6.45, 7) is 2.48. The van der Waals surface area contributed by atoms with Gasteiger partial charge in [-0.05, 0) is 60.3 Å². The van der Waals surface area contributed by atoms with Crippen LogP contribution in [-0.2, 0) is 6.42 Å². The standard InChI is InChI=1S/C22H23N3O/c1-2-19-14-22(7-10-24(19)9-1)13-18-12-16(3-5-20(18)26-22)17-4-6-21-23-8-11-25(21)15-17/h3-6,8,11-12,15,19H,1-2,7,9-10,13-14H2. The first-order valence-electron chi connectivity index (χ1n) is 9.77. The Bertz CT molecular complexity index is 994.